The third-order valence-corrected chi connectivity index (χ3v) is 2.98. The molecule has 0 saturated heterocycles. The Morgan fingerprint density at radius 1 is 1.47 bits per heavy atom. The highest BCUT2D eigenvalue weighted by Crippen LogP contribution is 2.18. The van der Waals surface area contributed by atoms with Gasteiger partial charge in [-0.1, -0.05) is 13.0 Å². The summed E-state index contributed by atoms with van der Waals surface area (Å²) in [4.78, 5) is 15.0. The second kappa shape index (κ2) is 4.57. The molecule has 0 atom stereocenters. The van der Waals surface area contributed by atoms with E-state index in [0.717, 1.165) is 28.8 Å². The first-order valence-electron chi connectivity index (χ1n) is 5.78. The quantitative estimate of drug-likeness (QED) is 0.878. The summed E-state index contributed by atoms with van der Waals surface area (Å²) >= 11 is 0. The van der Waals surface area contributed by atoms with Crippen LogP contribution in [0.5, 0.6) is 0 Å². The van der Waals surface area contributed by atoms with Crippen LogP contribution in [-0.2, 0) is 24.7 Å². The smallest absolute Gasteiger partial charge is 0.303 e. The number of rotatable bonds is 4. The summed E-state index contributed by atoms with van der Waals surface area (Å²) in [5.74, 6) is 0.291. The zero-order valence-corrected chi connectivity index (χ0v) is 10.1. The summed E-state index contributed by atoms with van der Waals surface area (Å²) in [6, 6.07) is 5.95. The number of carbonyl (C=O) groups is 1. The fourth-order valence-electron chi connectivity index (χ4n) is 2.01. The maximum absolute atomic E-state index is 10.5. The van der Waals surface area contributed by atoms with Crippen LogP contribution in [0.3, 0.4) is 0 Å². The highest BCUT2D eigenvalue weighted by Gasteiger charge is 2.07. The molecule has 2 rings (SSSR count). The van der Waals surface area contributed by atoms with Crippen LogP contribution in [0.2, 0.25) is 0 Å². The van der Waals surface area contributed by atoms with Crippen molar-refractivity contribution in [2.45, 2.75) is 26.2 Å². The summed E-state index contributed by atoms with van der Waals surface area (Å²) in [5.41, 5.74) is 3.10. The van der Waals surface area contributed by atoms with E-state index in [1.54, 1.807) is 0 Å². The minimum absolute atomic E-state index is 0.171. The fourth-order valence-corrected chi connectivity index (χ4v) is 2.01. The predicted molar refractivity (Wildman–Crippen MR) is 66.0 cm³/mol. The summed E-state index contributed by atoms with van der Waals surface area (Å²) in [6.07, 6.45) is 1.64. The molecule has 1 N–H and O–H groups in total. The lowest BCUT2D eigenvalue weighted by molar-refractivity contribution is -0.136. The molecule has 90 valence electrons. The number of fused-ring (bicyclic) bond motifs is 1. The number of benzene rings is 1. The average Bonchev–Trinajstić information content (AvgIpc) is 2.63. The van der Waals surface area contributed by atoms with Gasteiger partial charge in [-0.3, -0.25) is 4.79 Å². The van der Waals surface area contributed by atoms with Crippen LogP contribution in [-0.4, -0.2) is 20.6 Å². The first kappa shape index (κ1) is 11.6. The molecule has 0 bridgehead atoms. The number of imidazole rings is 1. The average molecular weight is 232 g/mol. The Balaban J connectivity index is 2.35. The fraction of sp³-hybridized carbons (Fsp3) is 0.385. The van der Waals surface area contributed by atoms with E-state index in [1.807, 2.05) is 25.2 Å². The van der Waals surface area contributed by atoms with Crippen molar-refractivity contribution in [1.29, 1.82) is 0 Å². The molecule has 1 aromatic carbocycles. The molecule has 0 amide bonds. The third kappa shape index (κ3) is 2.30. The summed E-state index contributed by atoms with van der Waals surface area (Å²) in [6.45, 7) is 2.08. The summed E-state index contributed by atoms with van der Waals surface area (Å²) in [5, 5.41) is 8.67. The molecule has 0 aliphatic heterocycles. The Morgan fingerprint density at radius 2 is 2.24 bits per heavy atom. The van der Waals surface area contributed by atoms with Gasteiger partial charge >= 0.3 is 5.97 Å². The SMILES string of the molecule is CCc1nc2ccc(CCC(=O)O)cc2n1C. The monoisotopic (exact) mass is 232 g/mol. The number of hydrogen-bond acceptors (Lipinski definition) is 2. The molecule has 0 spiro atoms. The number of carboxylic acids is 1. The highest BCUT2D eigenvalue weighted by atomic mass is 16.4. The van der Waals surface area contributed by atoms with Gasteiger partial charge in [-0.15, -0.1) is 0 Å². The lowest BCUT2D eigenvalue weighted by Gasteiger charge is -2.01. The van der Waals surface area contributed by atoms with Crippen molar-refractivity contribution in [2.24, 2.45) is 7.05 Å². The standard InChI is InChI=1S/C13H16N2O2/c1-3-12-14-10-6-4-9(5-7-13(16)17)8-11(10)15(12)2/h4,6,8H,3,5,7H2,1-2H3,(H,16,17). The van der Waals surface area contributed by atoms with Gasteiger partial charge in [0.1, 0.15) is 5.82 Å². The van der Waals surface area contributed by atoms with Gasteiger partial charge in [-0.2, -0.15) is 0 Å². The molecule has 0 aliphatic rings. The highest BCUT2D eigenvalue weighted by molar-refractivity contribution is 5.77. The first-order chi connectivity index (χ1) is 8.11. The van der Waals surface area contributed by atoms with Gasteiger partial charge in [0, 0.05) is 19.9 Å². The summed E-state index contributed by atoms with van der Waals surface area (Å²) in [7, 11) is 2.00. The Morgan fingerprint density at radius 3 is 2.88 bits per heavy atom. The zero-order chi connectivity index (χ0) is 12.4. The number of aliphatic carboxylic acids is 1. The normalized spacial score (nSPS) is 10.9. The van der Waals surface area contributed by atoms with Crippen LogP contribution in [0.25, 0.3) is 11.0 Å². The molecule has 1 aromatic heterocycles. The van der Waals surface area contributed by atoms with Gasteiger partial charge in [-0.05, 0) is 24.1 Å². The van der Waals surface area contributed by atoms with Gasteiger partial charge in [0.25, 0.3) is 0 Å². The van der Waals surface area contributed by atoms with E-state index >= 15 is 0 Å². The molecule has 0 radical (unpaired) electrons. The van der Waals surface area contributed by atoms with Gasteiger partial charge in [-0.25, -0.2) is 4.98 Å². The van der Waals surface area contributed by atoms with E-state index in [-0.39, 0.29) is 6.42 Å². The molecular formula is C13H16N2O2. The van der Waals surface area contributed by atoms with Crippen molar-refractivity contribution < 1.29 is 9.90 Å². The number of carboxylic acid groups (broad SMARTS) is 1. The summed E-state index contributed by atoms with van der Waals surface area (Å²) < 4.78 is 2.07. The topological polar surface area (TPSA) is 55.1 Å². The van der Waals surface area contributed by atoms with Gasteiger partial charge in [0.15, 0.2) is 0 Å². The van der Waals surface area contributed by atoms with Crippen LogP contribution in [0.1, 0.15) is 24.7 Å². The molecule has 4 heteroatoms. The van der Waals surface area contributed by atoms with E-state index in [2.05, 4.69) is 16.5 Å². The van der Waals surface area contributed by atoms with E-state index in [4.69, 9.17) is 5.11 Å². The third-order valence-electron chi connectivity index (χ3n) is 2.98. The van der Waals surface area contributed by atoms with E-state index < -0.39 is 5.97 Å². The lowest BCUT2D eigenvalue weighted by Crippen LogP contribution is -1.98. The Kier molecular flexibility index (Phi) is 3.13. The van der Waals surface area contributed by atoms with Crippen molar-refractivity contribution in [1.82, 2.24) is 9.55 Å². The Labute approximate surface area is 99.9 Å². The number of aryl methyl sites for hydroxylation is 3. The lowest BCUT2D eigenvalue weighted by atomic mass is 10.1. The number of aromatic nitrogens is 2. The van der Waals surface area contributed by atoms with Crippen LogP contribution in [0.4, 0.5) is 0 Å². The first-order valence-corrected chi connectivity index (χ1v) is 5.78. The Hall–Kier alpha value is -1.84. The number of nitrogens with zero attached hydrogens (tertiary/aromatic N) is 2. The minimum Gasteiger partial charge on any atom is -0.481 e. The van der Waals surface area contributed by atoms with Crippen LogP contribution >= 0.6 is 0 Å². The van der Waals surface area contributed by atoms with Crippen LogP contribution in [0.15, 0.2) is 18.2 Å². The zero-order valence-electron chi connectivity index (χ0n) is 10.1. The van der Waals surface area contributed by atoms with E-state index in [0.29, 0.717) is 6.42 Å². The minimum atomic E-state index is -0.760. The van der Waals surface area contributed by atoms with Gasteiger partial charge in [0.05, 0.1) is 11.0 Å². The molecule has 0 saturated carbocycles. The largest absolute Gasteiger partial charge is 0.481 e. The van der Waals surface area contributed by atoms with E-state index in [9.17, 15) is 4.79 Å². The molecule has 4 nitrogen and oxygen atoms in total. The molecule has 0 fully saturated rings. The molecule has 0 aliphatic carbocycles. The van der Waals surface area contributed by atoms with Gasteiger partial charge in [0.2, 0.25) is 0 Å². The van der Waals surface area contributed by atoms with Crippen LogP contribution in [0, 0.1) is 0 Å². The maximum atomic E-state index is 10.5. The van der Waals surface area contributed by atoms with Crippen molar-refractivity contribution in [3.8, 4) is 0 Å². The Bertz CT molecular complexity index is 558. The second-order valence-electron chi connectivity index (χ2n) is 4.16. The maximum Gasteiger partial charge on any atom is 0.303 e. The van der Waals surface area contributed by atoms with Gasteiger partial charge < -0.3 is 9.67 Å². The van der Waals surface area contributed by atoms with E-state index in [1.165, 1.54) is 0 Å². The molecule has 2 aromatic rings. The number of hydrogen-bond donors (Lipinski definition) is 1. The van der Waals surface area contributed by atoms with Crippen LogP contribution < -0.4 is 0 Å². The van der Waals surface area contributed by atoms with Crippen molar-refractivity contribution >= 4 is 17.0 Å². The molecule has 17 heavy (non-hydrogen) atoms. The van der Waals surface area contributed by atoms with Crippen molar-refractivity contribution in [2.75, 3.05) is 0 Å². The molecule has 1 heterocycles. The van der Waals surface area contributed by atoms with Crippen molar-refractivity contribution in [3.63, 3.8) is 0 Å². The van der Waals surface area contributed by atoms with Crippen molar-refractivity contribution in [3.05, 3.63) is 29.6 Å². The second-order valence-corrected chi connectivity index (χ2v) is 4.16. The molecule has 0 unspecified atom stereocenters. The predicted octanol–water partition coefficient (Wildman–Crippen LogP) is 2.15. The molecular weight excluding hydrogens is 216 g/mol.